The molecule has 1 saturated heterocycles. The van der Waals surface area contributed by atoms with Gasteiger partial charge in [-0.05, 0) is 38.1 Å². The Morgan fingerprint density at radius 3 is 2.78 bits per heavy atom. The number of aromatic amines is 1. The number of halogens is 1. The van der Waals surface area contributed by atoms with E-state index in [1.165, 1.54) is 0 Å². The maximum Gasteiger partial charge on any atom is 0.306 e. The Morgan fingerprint density at radius 2 is 2.09 bits per heavy atom. The van der Waals surface area contributed by atoms with Gasteiger partial charge in [-0.15, -0.1) is 0 Å². The summed E-state index contributed by atoms with van der Waals surface area (Å²) >= 11 is 6.18. The zero-order valence-electron chi connectivity index (χ0n) is 12.6. The van der Waals surface area contributed by atoms with Gasteiger partial charge in [0.1, 0.15) is 0 Å². The molecule has 2 aromatic rings. The summed E-state index contributed by atoms with van der Waals surface area (Å²) in [4.78, 5) is 25.5. The quantitative estimate of drug-likeness (QED) is 0.820. The minimum atomic E-state index is -0.721. The number of ketones is 1. The summed E-state index contributed by atoms with van der Waals surface area (Å²) in [7, 11) is 0. The van der Waals surface area contributed by atoms with E-state index in [1.54, 1.807) is 18.3 Å². The molecular weight excluding hydrogens is 318 g/mol. The number of nitrogens with zero attached hydrogens (tertiary/aromatic N) is 2. The minimum absolute atomic E-state index is 0.00143. The summed E-state index contributed by atoms with van der Waals surface area (Å²) in [5.41, 5.74) is 1.32. The van der Waals surface area contributed by atoms with Crippen LogP contribution < -0.4 is 0 Å². The lowest BCUT2D eigenvalue weighted by Crippen LogP contribution is -2.37. The third kappa shape index (κ3) is 3.54. The maximum atomic E-state index is 12.4. The lowest BCUT2D eigenvalue weighted by molar-refractivity contribution is -0.143. The molecule has 7 heteroatoms. The number of carbonyl (C=O) groups is 2. The highest BCUT2D eigenvalue weighted by Crippen LogP contribution is 2.24. The molecule has 0 saturated carbocycles. The number of likely N-dealkylation sites (tertiary alicyclic amines) is 1. The number of carboxylic acid groups (broad SMARTS) is 1. The number of piperidine rings is 1. The highest BCUT2D eigenvalue weighted by molar-refractivity contribution is 6.34. The fourth-order valence-corrected chi connectivity index (χ4v) is 3.25. The molecule has 1 aliphatic heterocycles. The molecule has 3 rings (SSSR count). The second kappa shape index (κ2) is 6.68. The van der Waals surface area contributed by atoms with Crippen molar-refractivity contribution in [2.24, 2.45) is 5.92 Å². The van der Waals surface area contributed by atoms with Gasteiger partial charge in [0.2, 0.25) is 0 Å². The lowest BCUT2D eigenvalue weighted by Gasteiger charge is -2.29. The van der Waals surface area contributed by atoms with Crippen LogP contribution in [0.2, 0.25) is 5.02 Å². The van der Waals surface area contributed by atoms with Crippen LogP contribution in [0.3, 0.4) is 0 Å². The fourth-order valence-electron chi connectivity index (χ4n) is 2.98. The molecule has 6 nitrogen and oxygen atoms in total. The first-order valence-electron chi connectivity index (χ1n) is 7.65. The van der Waals surface area contributed by atoms with E-state index in [0.717, 1.165) is 24.0 Å². The molecule has 23 heavy (non-hydrogen) atoms. The Kier molecular flexibility index (Phi) is 4.63. The molecule has 1 aromatic heterocycles. The van der Waals surface area contributed by atoms with Crippen LogP contribution >= 0.6 is 11.6 Å². The predicted octanol–water partition coefficient (Wildman–Crippen LogP) is 2.59. The molecule has 0 bridgehead atoms. The van der Waals surface area contributed by atoms with Crippen molar-refractivity contribution in [1.29, 1.82) is 0 Å². The van der Waals surface area contributed by atoms with Gasteiger partial charge in [-0.3, -0.25) is 14.7 Å². The number of carboxylic acids is 1. The van der Waals surface area contributed by atoms with Crippen molar-refractivity contribution in [3.05, 3.63) is 28.9 Å². The Bertz CT molecular complexity index is 735. The minimum Gasteiger partial charge on any atom is -0.481 e. The van der Waals surface area contributed by atoms with Gasteiger partial charge in [0.15, 0.2) is 5.78 Å². The molecule has 0 atom stereocenters. The highest BCUT2D eigenvalue weighted by Gasteiger charge is 2.24. The van der Waals surface area contributed by atoms with Gasteiger partial charge in [-0.25, -0.2) is 0 Å². The van der Waals surface area contributed by atoms with Crippen LogP contribution in [-0.4, -0.2) is 51.6 Å². The number of carbonyl (C=O) groups excluding carboxylic acids is 1. The van der Waals surface area contributed by atoms with Crippen molar-refractivity contribution >= 4 is 34.3 Å². The maximum absolute atomic E-state index is 12.4. The third-order valence-electron chi connectivity index (χ3n) is 4.42. The highest BCUT2D eigenvalue weighted by atomic mass is 35.5. The molecule has 0 spiro atoms. The van der Waals surface area contributed by atoms with E-state index < -0.39 is 5.97 Å². The van der Waals surface area contributed by atoms with Crippen LogP contribution in [0.15, 0.2) is 18.3 Å². The number of aliphatic carboxylic acids is 1. The average Bonchev–Trinajstić information content (AvgIpc) is 2.99. The standard InChI is InChI=1S/C16H18ClN3O3/c17-13-8-14-11(9-18-19-14)7-12(13)15(21)3-6-20-4-1-10(2-5-20)16(22)23/h7-10H,1-6H2,(H,18,19)(H,22,23). The number of hydrogen-bond donors (Lipinski definition) is 2. The Balaban J connectivity index is 1.59. The summed E-state index contributed by atoms with van der Waals surface area (Å²) in [6.45, 7) is 2.07. The summed E-state index contributed by atoms with van der Waals surface area (Å²) in [6, 6.07) is 3.48. The van der Waals surface area contributed by atoms with Gasteiger partial charge in [-0.2, -0.15) is 5.10 Å². The van der Waals surface area contributed by atoms with E-state index in [1.807, 2.05) is 0 Å². The molecular formula is C16H18ClN3O3. The Hall–Kier alpha value is -1.92. The summed E-state index contributed by atoms with van der Waals surface area (Å²) in [5, 5.41) is 17.0. The van der Waals surface area contributed by atoms with Crippen molar-refractivity contribution in [3.63, 3.8) is 0 Å². The first-order chi connectivity index (χ1) is 11.0. The molecule has 0 aliphatic carbocycles. The largest absolute Gasteiger partial charge is 0.481 e. The van der Waals surface area contributed by atoms with E-state index in [4.69, 9.17) is 16.7 Å². The van der Waals surface area contributed by atoms with Crippen LogP contribution in [0.25, 0.3) is 10.9 Å². The number of benzene rings is 1. The van der Waals surface area contributed by atoms with Crippen molar-refractivity contribution in [3.8, 4) is 0 Å². The number of hydrogen-bond acceptors (Lipinski definition) is 4. The molecule has 0 amide bonds. The lowest BCUT2D eigenvalue weighted by atomic mass is 9.97. The topological polar surface area (TPSA) is 86.3 Å². The van der Waals surface area contributed by atoms with Crippen molar-refractivity contribution < 1.29 is 14.7 Å². The fraction of sp³-hybridized carbons (Fsp3) is 0.438. The molecule has 1 aliphatic rings. The monoisotopic (exact) mass is 335 g/mol. The van der Waals surface area contributed by atoms with Gasteiger partial charge < -0.3 is 10.0 Å². The second-order valence-corrected chi connectivity index (χ2v) is 6.32. The van der Waals surface area contributed by atoms with Gasteiger partial charge in [0, 0.05) is 23.9 Å². The van der Waals surface area contributed by atoms with E-state index in [-0.39, 0.29) is 11.7 Å². The van der Waals surface area contributed by atoms with E-state index in [2.05, 4.69) is 15.1 Å². The Labute approximate surface area is 138 Å². The number of Topliss-reactive ketones (excluding diaryl/α,β-unsaturated/α-hetero) is 1. The normalized spacial score (nSPS) is 16.7. The van der Waals surface area contributed by atoms with Crippen LogP contribution in [0.1, 0.15) is 29.6 Å². The average molecular weight is 336 g/mol. The molecule has 122 valence electrons. The third-order valence-corrected chi connectivity index (χ3v) is 4.73. The molecule has 1 aromatic carbocycles. The summed E-state index contributed by atoms with van der Waals surface area (Å²) in [5.74, 6) is -0.973. The van der Waals surface area contributed by atoms with Gasteiger partial charge >= 0.3 is 5.97 Å². The van der Waals surface area contributed by atoms with Crippen LogP contribution in [0.5, 0.6) is 0 Å². The van der Waals surface area contributed by atoms with Gasteiger partial charge in [-0.1, -0.05) is 11.6 Å². The van der Waals surface area contributed by atoms with E-state index in [9.17, 15) is 9.59 Å². The first-order valence-corrected chi connectivity index (χ1v) is 8.03. The zero-order chi connectivity index (χ0) is 16.4. The van der Waals surface area contributed by atoms with Crippen molar-refractivity contribution in [2.75, 3.05) is 19.6 Å². The van der Waals surface area contributed by atoms with Crippen molar-refractivity contribution in [1.82, 2.24) is 15.1 Å². The number of H-pyrrole nitrogens is 1. The number of rotatable bonds is 5. The predicted molar refractivity (Wildman–Crippen MR) is 86.9 cm³/mol. The molecule has 2 N–H and O–H groups in total. The van der Waals surface area contributed by atoms with Gasteiger partial charge in [0.05, 0.1) is 22.7 Å². The van der Waals surface area contributed by atoms with E-state index >= 15 is 0 Å². The summed E-state index contributed by atoms with van der Waals surface area (Å²) < 4.78 is 0. The SMILES string of the molecule is O=C(CCN1CCC(C(=O)O)CC1)c1cc2cn[nH]c2cc1Cl. The smallest absolute Gasteiger partial charge is 0.306 e. The molecule has 2 heterocycles. The van der Waals surface area contributed by atoms with Gasteiger partial charge in [0.25, 0.3) is 0 Å². The van der Waals surface area contributed by atoms with Crippen LogP contribution in [0, 0.1) is 5.92 Å². The molecule has 0 unspecified atom stereocenters. The molecule has 0 radical (unpaired) electrons. The first kappa shape index (κ1) is 16.0. The number of aromatic nitrogens is 2. The van der Waals surface area contributed by atoms with Crippen molar-refractivity contribution in [2.45, 2.75) is 19.3 Å². The molecule has 1 fully saturated rings. The number of fused-ring (bicyclic) bond motifs is 1. The zero-order valence-corrected chi connectivity index (χ0v) is 13.3. The Morgan fingerprint density at radius 1 is 1.35 bits per heavy atom. The van der Waals surface area contributed by atoms with Crippen LogP contribution in [-0.2, 0) is 4.79 Å². The van der Waals surface area contributed by atoms with E-state index in [0.29, 0.717) is 36.4 Å². The number of nitrogens with one attached hydrogen (secondary N) is 1. The summed E-state index contributed by atoms with van der Waals surface area (Å²) in [6.07, 6.45) is 3.33. The van der Waals surface area contributed by atoms with Crippen LogP contribution in [0.4, 0.5) is 0 Å². The second-order valence-electron chi connectivity index (χ2n) is 5.92.